The number of hydrogen-bond donors (Lipinski definition) is 2. The second-order valence-electron chi connectivity index (χ2n) is 5.65. The van der Waals surface area contributed by atoms with Gasteiger partial charge in [-0.05, 0) is 51.8 Å². The molecular weight excluding hydrogens is 252 g/mol. The lowest BCUT2D eigenvalue weighted by molar-refractivity contribution is -0.120. The Morgan fingerprint density at radius 1 is 1.40 bits per heavy atom. The van der Waals surface area contributed by atoms with E-state index in [-0.39, 0.29) is 11.8 Å². The van der Waals surface area contributed by atoms with E-state index < -0.39 is 0 Å². The number of ether oxygens (including phenoxy) is 1. The quantitative estimate of drug-likeness (QED) is 0.892. The van der Waals surface area contributed by atoms with Crippen molar-refractivity contribution in [3.05, 3.63) is 23.3 Å². The van der Waals surface area contributed by atoms with Gasteiger partial charge in [0.1, 0.15) is 5.75 Å². The maximum atomic E-state index is 12.4. The van der Waals surface area contributed by atoms with Crippen molar-refractivity contribution in [1.29, 1.82) is 0 Å². The maximum Gasteiger partial charge on any atom is 0.227 e. The number of benzene rings is 1. The van der Waals surface area contributed by atoms with Crippen LogP contribution in [0.15, 0.2) is 12.1 Å². The number of carbonyl (C=O) groups is 1. The molecule has 1 amide bonds. The zero-order chi connectivity index (χ0) is 14.7. The van der Waals surface area contributed by atoms with Crippen molar-refractivity contribution in [3.8, 4) is 5.75 Å². The van der Waals surface area contributed by atoms with E-state index in [0.29, 0.717) is 6.04 Å². The average Bonchev–Trinajstić information content (AvgIpc) is 2.42. The van der Waals surface area contributed by atoms with Crippen LogP contribution in [0.3, 0.4) is 0 Å². The van der Waals surface area contributed by atoms with Crippen molar-refractivity contribution < 1.29 is 9.53 Å². The van der Waals surface area contributed by atoms with Crippen molar-refractivity contribution in [2.45, 2.75) is 39.7 Å². The molecule has 1 aliphatic rings. The molecule has 0 aliphatic carbocycles. The molecule has 0 aromatic heterocycles. The molecule has 1 aromatic carbocycles. The summed E-state index contributed by atoms with van der Waals surface area (Å²) < 4.78 is 5.40. The predicted octanol–water partition coefficient (Wildman–Crippen LogP) is 2.64. The first-order valence-electron chi connectivity index (χ1n) is 7.21. The number of piperidine rings is 1. The standard InChI is InChI=1S/C16H24N2O2/c1-10-5-6-14(12(3)15(10)20-4)18-16(19)13-7-8-17-11(2)9-13/h5-6,11,13,17H,7-9H2,1-4H3,(H,18,19). The topological polar surface area (TPSA) is 50.4 Å². The molecule has 1 fully saturated rings. The summed E-state index contributed by atoms with van der Waals surface area (Å²) in [4.78, 5) is 12.4. The highest BCUT2D eigenvalue weighted by Gasteiger charge is 2.25. The normalized spacial score (nSPS) is 22.4. The number of anilines is 1. The molecule has 1 saturated heterocycles. The minimum Gasteiger partial charge on any atom is -0.496 e. The highest BCUT2D eigenvalue weighted by molar-refractivity contribution is 5.93. The second-order valence-corrected chi connectivity index (χ2v) is 5.65. The van der Waals surface area contributed by atoms with Gasteiger partial charge in [-0.1, -0.05) is 6.07 Å². The molecule has 1 aliphatic heterocycles. The van der Waals surface area contributed by atoms with Crippen LogP contribution in [0.1, 0.15) is 30.9 Å². The third kappa shape index (κ3) is 3.12. The number of methoxy groups -OCH3 is 1. The van der Waals surface area contributed by atoms with Crippen LogP contribution in [0.25, 0.3) is 0 Å². The first-order valence-corrected chi connectivity index (χ1v) is 7.21. The lowest BCUT2D eigenvalue weighted by Gasteiger charge is -2.27. The van der Waals surface area contributed by atoms with Crippen molar-refractivity contribution in [2.24, 2.45) is 5.92 Å². The maximum absolute atomic E-state index is 12.4. The van der Waals surface area contributed by atoms with E-state index in [4.69, 9.17) is 4.74 Å². The molecule has 20 heavy (non-hydrogen) atoms. The van der Waals surface area contributed by atoms with Gasteiger partial charge in [-0.3, -0.25) is 4.79 Å². The van der Waals surface area contributed by atoms with E-state index in [1.54, 1.807) is 7.11 Å². The fraction of sp³-hybridized carbons (Fsp3) is 0.562. The highest BCUT2D eigenvalue weighted by Crippen LogP contribution is 2.30. The summed E-state index contributed by atoms with van der Waals surface area (Å²) in [5, 5.41) is 6.42. The molecular formula is C16H24N2O2. The fourth-order valence-corrected chi connectivity index (χ4v) is 2.88. The molecule has 0 bridgehead atoms. The van der Waals surface area contributed by atoms with Gasteiger partial charge in [0, 0.05) is 23.2 Å². The van der Waals surface area contributed by atoms with Gasteiger partial charge in [0.05, 0.1) is 7.11 Å². The summed E-state index contributed by atoms with van der Waals surface area (Å²) >= 11 is 0. The van der Waals surface area contributed by atoms with Crippen LogP contribution >= 0.6 is 0 Å². The first kappa shape index (κ1) is 14.9. The van der Waals surface area contributed by atoms with Crippen molar-refractivity contribution in [2.75, 3.05) is 19.0 Å². The summed E-state index contributed by atoms with van der Waals surface area (Å²) in [6.07, 6.45) is 1.80. The Bertz CT molecular complexity index is 499. The van der Waals surface area contributed by atoms with Crippen LogP contribution in [0, 0.1) is 19.8 Å². The van der Waals surface area contributed by atoms with Gasteiger partial charge in [-0.15, -0.1) is 0 Å². The molecule has 2 rings (SSSR count). The van der Waals surface area contributed by atoms with Gasteiger partial charge < -0.3 is 15.4 Å². The summed E-state index contributed by atoms with van der Waals surface area (Å²) in [6.45, 7) is 7.02. The molecule has 4 heteroatoms. The number of nitrogens with one attached hydrogen (secondary N) is 2. The van der Waals surface area contributed by atoms with Gasteiger partial charge in [0.15, 0.2) is 0 Å². The molecule has 0 radical (unpaired) electrons. The third-order valence-corrected chi connectivity index (χ3v) is 4.06. The Morgan fingerprint density at radius 2 is 2.15 bits per heavy atom. The van der Waals surface area contributed by atoms with E-state index in [0.717, 1.165) is 42.0 Å². The number of amides is 1. The van der Waals surface area contributed by atoms with Crippen molar-refractivity contribution >= 4 is 11.6 Å². The monoisotopic (exact) mass is 276 g/mol. The Hall–Kier alpha value is -1.55. The number of rotatable bonds is 3. The van der Waals surface area contributed by atoms with Gasteiger partial charge in [0.25, 0.3) is 0 Å². The average molecular weight is 276 g/mol. The molecule has 2 unspecified atom stereocenters. The van der Waals surface area contributed by atoms with Crippen molar-refractivity contribution in [3.63, 3.8) is 0 Å². The molecule has 0 spiro atoms. The molecule has 2 N–H and O–H groups in total. The molecule has 110 valence electrons. The SMILES string of the molecule is COc1c(C)ccc(NC(=O)C2CCNC(C)C2)c1C. The molecule has 1 aromatic rings. The summed E-state index contributed by atoms with van der Waals surface area (Å²) in [7, 11) is 1.66. The minimum atomic E-state index is 0.0953. The zero-order valence-corrected chi connectivity index (χ0v) is 12.7. The second kappa shape index (κ2) is 6.27. The first-order chi connectivity index (χ1) is 9.52. The number of hydrogen-bond acceptors (Lipinski definition) is 3. The zero-order valence-electron chi connectivity index (χ0n) is 12.7. The molecule has 1 heterocycles. The van der Waals surface area contributed by atoms with E-state index in [9.17, 15) is 4.79 Å². The molecule has 2 atom stereocenters. The molecule has 0 saturated carbocycles. The van der Waals surface area contributed by atoms with Gasteiger partial charge in [-0.2, -0.15) is 0 Å². The van der Waals surface area contributed by atoms with E-state index >= 15 is 0 Å². The largest absolute Gasteiger partial charge is 0.496 e. The van der Waals surface area contributed by atoms with E-state index in [2.05, 4.69) is 17.6 Å². The predicted molar refractivity (Wildman–Crippen MR) is 81.3 cm³/mol. The van der Waals surface area contributed by atoms with Crippen LogP contribution in [0.4, 0.5) is 5.69 Å². The Morgan fingerprint density at radius 3 is 2.80 bits per heavy atom. The summed E-state index contributed by atoms with van der Waals surface area (Å²) in [5.74, 6) is 1.06. The number of aryl methyl sites for hydroxylation is 1. The lowest BCUT2D eigenvalue weighted by atomic mass is 9.92. The van der Waals surface area contributed by atoms with Gasteiger partial charge in [0.2, 0.25) is 5.91 Å². The fourth-order valence-electron chi connectivity index (χ4n) is 2.88. The molecule has 4 nitrogen and oxygen atoms in total. The van der Waals surface area contributed by atoms with Crippen LogP contribution in [0.5, 0.6) is 5.75 Å². The number of carbonyl (C=O) groups excluding carboxylic acids is 1. The van der Waals surface area contributed by atoms with E-state index in [1.165, 1.54) is 0 Å². The highest BCUT2D eigenvalue weighted by atomic mass is 16.5. The lowest BCUT2D eigenvalue weighted by Crippen LogP contribution is -2.40. The minimum absolute atomic E-state index is 0.0953. The van der Waals surface area contributed by atoms with Gasteiger partial charge in [-0.25, -0.2) is 0 Å². The summed E-state index contributed by atoms with van der Waals surface area (Å²) in [6, 6.07) is 4.34. The Balaban J connectivity index is 2.11. The van der Waals surface area contributed by atoms with Crippen molar-refractivity contribution in [1.82, 2.24) is 5.32 Å². The Kier molecular flexibility index (Phi) is 4.65. The Labute approximate surface area is 120 Å². The van der Waals surface area contributed by atoms with Crippen LogP contribution in [-0.2, 0) is 4.79 Å². The summed E-state index contributed by atoms with van der Waals surface area (Å²) in [5.41, 5.74) is 2.92. The smallest absolute Gasteiger partial charge is 0.227 e. The van der Waals surface area contributed by atoms with Crippen LogP contribution < -0.4 is 15.4 Å². The third-order valence-electron chi connectivity index (χ3n) is 4.06. The van der Waals surface area contributed by atoms with Gasteiger partial charge >= 0.3 is 0 Å². The van der Waals surface area contributed by atoms with Crippen LogP contribution in [0.2, 0.25) is 0 Å². The van der Waals surface area contributed by atoms with E-state index in [1.807, 2.05) is 26.0 Å². The van der Waals surface area contributed by atoms with Crippen LogP contribution in [-0.4, -0.2) is 25.6 Å².